The number of para-hydroxylation sites is 1. The van der Waals surface area contributed by atoms with E-state index in [-0.39, 0.29) is 11.5 Å². The molecule has 1 saturated heterocycles. The first-order valence-corrected chi connectivity index (χ1v) is 10.4. The van der Waals surface area contributed by atoms with Crippen molar-refractivity contribution in [3.63, 3.8) is 0 Å². The van der Waals surface area contributed by atoms with Crippen LogP contribution in [0.5, 0.6) is 11.5 Å². The summed E-state index contributed by atoms with van der Waals surface area (Å²) in [4.78, 5) is 27.1. The minimum Gasteiger partial charge on any atom is -0.486 e. The smallest absolute Gasteiger partial charge is 0.266 e. The minimum absolute atomic E-state index is 0.0168. The van der Waals surface area contributed by atoms with Crippen molar-refractivity contribution in [3.8, 4) is 11.5 Å². The Kier molecular flexibility index (Phi) is 4.73. The molecule has 3 aliphatic rings. The van der Waals surface area contributed by atoms with Gasteiger partial charge in [-0.05, 0) is 49.8 Å². The van der Waals surface area contributed by atoms with Gasteiger partial charge < -0.3 is 14.4 Å². The van der Waals surface area contributed by atoms with E-state index in [2.05, 4.69) is 5.10 Å². The molecule has 1 aromatic heterocycles. The van der Waals surface area contributed by atoms with E-state index in [1.165, 1.54) is 12.8 Å². The highest BCUT2D eigenvalue weighted by molar-refractivity contribution is 5.98. The van der Waals surface area contributed by atoms with Crippen molar-refractivity contribution in [2.75, 3.05) is 26.3 Å². The number of amides is 1. The lowest BCUT2D eigenvalue weighted by Crippen LogP contribution is -2.40. The number of hydrogen-bond donors (Lipinski definition) is 0. The molecule has 7 heteroatoms. The summed E-state index contributed by atoms with van der Waals surface area (Å²) in [5.41, 5.74) is 1.56. The third-order valence-electron chi connectivity index (χ3n) is 6.01. The largest absolute Gasteiger partial charge is 0.486 e. The molecule has 1 amide bonds. The van der Waals surface area contributed by atoms with Gasteiger partial charge in [0.15, 0.2) is 11.5 Å². The lowest BCUT2D eigenvalue weighted by atomic mass is 9.96. The van der Waals surface area contributed by atoms with Crippen LogP contribution >= 0.6 is 0 Å². The second-order valence-corrected chi connectivity index (χ2v) is 8.12. The molecule has 0 atom stereocenters. The van der Waals surface area contributed by atoms with E-state index in [9.17, 15) is 9.59 Å². The van der Waals surface area contributed by atoms with Gasteiger partial charge in [-0.3, -0.25) is 9.59 Å². The number of aromatic nitrogens is 2. The molecule has 152 valence electrons. The van der Waals surface area contributed by atoms with Crippen LogP contribution in [0.3, 0.4) is 0 Å². The summed E-state index contributed by atoms with van der Waals surface area (Å²) < 4.78 is 12.9. The van der Waals surface area contributed by atoms with Gasteiger partial charge in [0.2, 0.25) is 0 Å². The van der Waals surface area contributed by atoms with Gasteiger partial charge in [-0.25, -0.2) is 4.68 Å². The third-order valence-corrected chi connectivity index (χ3v) is 6.01. The number of nitrogens with zero attached hydrogens (tertiary/aromatic N) is 3. The Morgan fingerprint density at radius 2 is 1.83 bits per heavy atom. The Hall–Kier alpha value is -2.83. The number of carbonyl (C=O) groups excluding carboxylic acids is 1. The number of rotatable bonds is 4. The normalized spacial score (nSPS) is 19.2. The third kappa shape index (κ3) is 3.73. The van der Waals surface area contributed by atoms with E-state index >= 15 is 0 Å². The first-order chi connectivity index (χ1) is 14.2. The van der Waals surface area contributed by atoms with Crippen LogP contribution in [0.15, 0.2) is 35.1 Å². The molecule has 1 aliphatic carbocycles. The van der Waals surface area contributed by atoms with Crippen LogP contribution in [0, 0.1) is 5.92 Å². The van der Waals surface area contributed by atoms with E-state index in [4.69, 9.17) is 9.47 Å². The molecule has 5 rings (SSSR count). The van der Waals surface area contributed by atoms with E-state index in [0.717, 1.165) is 18.5 Å². The van der Waals surface area contributed by atoms with Crippen molar-refractivity contribution in [1.29, 1.82) is 0 Å². The molecule has 2 aliphatic heterocycles. The number of ether oxygens (including phenoxy) is 2. The number of hydrogen-bond acceptors (Lipinski definition) is 5. The van der Waals surface area contributed by atoms with E-state index in [0.29, 0.717) is 61.7 Å². The zero-order valence-corrected chi connectivity index (χ0v) is 16.4. The molecule has 2 aromatic rings. The second-order valence-electron chi connectivity index (χ2n) is 8.12. The van der Waals surface area contributed by atoms with Gasteiger partial charge in [-0.1, -0.05) is 6.07 Å². The van der Waals surface area contributed by atoms with Crippen LogP contribution in [0.1, 0.15) is 47.7 Å². The van der Waals surface area contributed by atoms with Crippen LogP contribution in [0.4, 0.5) is 0 Å². The van der Waals surface area contributed by atoms with Crippen molar-refractivity contribution in [2.45, 2.75) is 38.1 Å². The standard InChI is InChI=1S/C22H25N3O4/c26-20-7-6-18(16-4-5-16)23-25(20)14-15-8-10-24(11-9-15)22(27)17-2-1-3-19-21(17)29-13-12-28-19/h1-3,6-7,15-16H,4-5,8-14H2. The Bertz CT molecular complexity index is 974. The summed E-state index contributed by atoms with van der Waals surface area (Å²) in [5, 5.41) is 4.57. The van der Waals surface area contributed by atoms with Crippen molar-refractivity contribution < 1.29 is 14.3 Å². The fraction of sp³-hybridized carbons (Fsp3) is 0.500. The zero-order chi connectivity index (χ0) is 19.8. The van der Waals surface area contributed by atoms with Gasteiger partial charge in [-0.2, -0.15) is 5.10 Å². The Balaban J connectivity index is 1.24. The molecule has 0 spiro atoms. The SMILES string of the molecule is O=C(c1cccc2c1OCCO2)N1CCC(Cn2nc(C3CC3)ccc2=O)CC1. The number of piperidine rings is 1. The highest BCUT2D eigenvalue weighted by Gasteiger charge is 2.29. The quantitative estimate of drug-likeness (QED) is 0.795. The maximum Gasteiger partial charge on any atom is 0.266 e. The minimum atomic E-state index is -0.0408. The molecule has 1 aromatic carbocycles. The molecule has 2 fully saturated rings. The fourth-order valence-corrected chi connectivity index (χ4v) is 4.17. The zero-order valence-electron chi connectivity index (χ0n) is 16.4. The van der Waals surface area contributed by atoms with Crippen LogP contribution in [0.2, 0.25) is 0 Å². The summed E-state index contributed by atoms with van der Waals surface area (Å²) in [5.74, 6) is 2.06. The highest BCUT2D eigenvalue weighted by Crippen LogP contribution is 2.38. The Morgan fingerprint density at radius 1 is 1.03 bits per heavy atom. The van der Waals surface area contributed by atoms with Gasteiger partial charge in [-0.15, -0.1) is 0 Å². The maximum atomic E-state index is 13.0. The topological polar surface area (TPSA) is 73.7 Å². The van der Waals surface area contributed by atoms with E-state index < -0.39 is 0 Å². The summed E-state index contributed by atoms with van der Waals surface area (Å²) in [6.45, 7) is 2.93. The predicted molar refractivity (Wildman–Crippen MR) is 107 cm³/mol. The lowest BCUT2D eigenvalue weighted by Gasteiger charge is -2.33. The molecular weight excluding hydrogens is 370 g/mol. The Labute approximate surface area is 169 Å². The van der Waals surface area contributed by atoms with E-state index in [1.54, 1.807) is 16.8 Å². The number of benzene rings is 1. The van der Waals surface area contributed by atoms with Gasteiger partial charge in [0, 0.05) is 31.6 Å². The first kappa shape index (κ1) is 18.2. The summed E-state index contributed by atoms with van der Waals surface area (Å²) in [6.07, 6.45) is 4.06. The maximum absolute atomic E-state index is 13.0. The Morgan fingerprint density at radius 3 is 2.62 bits per heavy atom. The summed E-state index contributed by atoms with van der Waals surface area (Å²) >= 11 is 0. The number of likely N-dealkylation sites (tertiary alicyclic amines) is 1. The molecule has 3 heterocycles. The van der Waals surface area contributed by atoms with Crippen LogP contribution in [0.25, 0.3) is 0 Å². The summed E-state index contributed by atoms with van der Waals surface area (Å²) in [7, 11) is 0. The average Bonchev–Trinajstić information content (AvgIpc) is 3.60. The van der Waals surface area contributed by atoms with Crippen molar-refractivity contribution in [3.05, 3.63) is 51.9 Å². The molecule has 29 heavy (non-hydrogen) atoms. The van der Waals surface area contributed by atoms with E-state index in [1.807, 2.05) is 23.1 Å². The molecule has 0 radical (unpaired) electrons. The first-order valence-electron chi connectivity index (χ1n) is 10.4. The van der Waals surface area contributed by atoms with Crippen molar-refractivity contribution in [1.82, 2.24) is 14.7 Å². The van der Waals surface area contributed by atoms with Gasteiger partial charge in [0.1, 0.15) is 13.2 Å². The van der Waals surface area contributed by atoms with Crippen LogP contribution < -0.4 is 15.0 Å². The van der Waals surface area contributed by atoms with Gasteiger partial charge in [0.25, 0.3) is 11.5 Å². The second kappa shape index (κ2) is 7.54. The average molecular weight is 395 g/mol. The monoisotopic (exact) mass is 395 g/mol. The number of fused-ring (bicyclic) bond motifs is 1. The molecule has 1 saturated carbocycles. The predicted octanol–water partition coefficient (Wildman–Crippen LogP) is 2.44. The highest BCUT2D eigenvalue weighted by atomic mass is 16.6. The van der Waals surface area contributed by atoms with Crippen molar-refractivity contribution in [2.24, 2.45) is 5.92 Å². The van der Waals surface area contributed by atoms with Crippen LogP contribution in [-0.2, 0) is 6.54 Å². The van der Waals surface area contributed by atoms with Gasteiger partial charge in [0.05, 0.1) is 11.3 Å². The van der Waals surface area contributed by atoms with Crippen molar-refractivity contribution >= 4 is 5.91 Å². The molecule has 0 unspecified atom stereocenters. The van der Waals surface area contributed by atoms with Gasteiger partial charge >= 0.3 is 0 Å². The molecule has 0 bridgehead atoms. The number of carbonyl (C=O) groups is 1. The molecule has 0 N–H and O–H groups in total. The fourth-order valence-electron chi connectivity index (χ4n) is 4.17. The molecular formula is C22H25N3O4. The lowest BCUT2D eigenvalue weighted by molar-refractivity contribution is 0.0670. The summed E-state index contributed by atoms with van der Waals surface area (Å²) in [6, 6.07) is 8.97. The molecule has 7 nitrogen and oxygen atoms in total. The van der Waals surface area contributed by atoms with Crippen LogP contribution in [-0.4, -0.2) is 46.9 Å².